The molecule has 3 rings (SSSR count). The molecule has 0 aliphatic carbocycles. The van der Waals surface area contributed by atoms with Crippen LogP contribution in [0.25, 0.3) is 11.0 Å². The second kappa shape index (κ2) is 5.94. The van der Waals surface area contributed by atoms with Crippen molar-refractivity contribution in [2.75, 3.05) is 0 Å². The van der Waals surface area contributed by atoms with Crippen LogP contribution in [0.2, 0.25) is 0 Å². The van der Waals surface area contributed by atoms with Gasteiger partial charge in [0, 0.05) is 6.20 Å². The highest BCUT2D eigenvalue weighted by Gasteiger charge is 2.13. The first-order valence-corrected chi connectivity index (χ1v) is 6.36. The summed E-state index contributed by atoms with van der Waals surface area (Å²) in [5, 5.41) is 10.2. The number of hydrogen-bond donors (Lipinski definition) is 2. The number of aromatic amines is 1. The molecular weight excluding hydrogens is 298 g/mol. The van der Waals surface area contributed by atoms with Gasteiger partial charge in [0.15, 0.2) is 5.16 Å². The van der Waals surface area contributed by atoms with E-state index in [1.807, 2.05) is 24.3 Å². The number of hydrogen-bond acceptors (Lipinski definition) is 4. The number of rotatable bonds is 3. The second-order valence-electron chi connectivity index (χ2n) is 3.82. The third kappa shape index (κ3) is 2.76. The largest absolute Gasteiger partial charge is 0.478 e. The van der Waals surface area contributed by atoms with E-state index in [9.17, 15) is 4.79 Å². The van der Waals surface area contributed by atoms with Crippen molar-refractivity contribution >= 4 is 41.2 Å². The van der Waals surface area contributed by atoms with Gasteiger partial charge in [-0.25, -0.2) is 14.8 Å². The third-order valence-electron chi connectivity index (χ3n) is 2.56. The number of imidazole rings is 1. The lowest BCUT2D eigenvalue weighted by molar-refractivity contribution is 0.0692. The number of carboxylic acids is 1. The Kier molecular flexibility index (Phi) is 4.26. The summed E-state index contributed by atoms with van der Waals surface area (Å²) in [6.45, 7) is 0. The molecule has 2 N–H and O–H groups in total. The summed E-state index contributed by atoms with van der Waals surface area (Å²) in [5.41, 5.74) is 1.93. The zero-order chi connectivity index (χ0) is 13.2. The molecular formula is C13H10ClN3O2S. The van der Waals surface area contributed by atoms with Gasteiger partial charge in [-0.3, -0.25) is 0 Å². The van der Waals surface area contributed by atoms with Crippen molar-refractivity contribution < 1.29 is 9.90 Å². The number of nitrogens with zero attached hydrogens (tertiary/aromatic N) is 2. The lowest BCUT2D eigenvalue weighted by atomic mass is 10.3. The number of H-pyrrole nitrogens is 1. The Balaban J connectivity index is 0.00000147. The average molecular weight is 308 g/mol. The molecule has 2 aromatic heterocycles. The van der Waals surface area contributed by atoms with Gasteiger partial charge in [0.2, 0.25) is 0 Å². The highest BCUT2D eigenvalue weighted by atomic mass is 35.5. The van der Waals surface area contributed by atoms with Crippen LogP contribution >= 0.6 is 24.2 Å². The van der Waals surface area contributed by atoms with Gasteiger partial charge in [-0.2, -0.15) is 0 Å². The van der Waals surface area contributed by atoms with E-state index in [4.69, 9.17) is 5.11 Å². The zero-order valence-corrected chi connectivity index (χ0v) is 11.7. The van der Waals surface area contributed by atoms with Gasteiger partial charge >= 0.3 is 5.97 Å². The van der Waals surface area contributed by atoms with E-state index in [0.29, 0.717) is 10.2 Å². The van der Waals surface area contributed by atoms with E-state index in [-0.39, 0.29) is 18.0 Å². The van der Waals surface area contributed by atoms with Crippen molar-refractivity contribution in [2.45, 2.75) is 10.2 Å². The topological polar surface area (TPSA) is 78.9 Å². The second-order valence-corrected chi connectivity index (χ2v) is 4.80. The number of fused-ring (bicyclic) bond motifs is 1. The number of carboxylic acid groups (broad SMARTS) is 1. The molecule has 0 unspecified atom stereocenters. The molecule has 0 saturated carbocycles. The normalized spacial score (nSPS) is 10.2. The maximum atomic E-state index is 11.1. The van der Waals surface area contributed by atoms with Gasteiger partial charge in [-0.05, 0) is 36.0 Å². The number of carbonyl (C=O) groups is 1. The van der Waals surface area contributed by atoms with Gasteiger partial charge < -0.3 is 10.1 Å². The number of pyridine rings is 1. The van der Waals surface area contributed by atoms with Crippen molar-refractivity contribution in [3.8, 4) is 0 Å². The van der Waals surface area contributed by atoms with Gasteiger partial charge in [0.1, 0.15) is 5.03 Å². The molecule has 3 aromatic rings. The molecule has 0 saturated heterocycles. The average Bonchev–Trinajstić information content (AvgIpc) is 2.81. The maximum Gasteiger partial charge on any atom is 0.338 e. The van der Waals surface area contributed by atoms with E-state index in [0.717, 1.165) is 11.0 Å². The summed E-state index contributed by atoms with van der Waals surface area (Å²) < 4.78 is 0. The Morgan fingerprint density at radius 3 is 2.75 bits per heavy atom. The van der Waals surface area contributed by atoms with Crippen LogP contribution in [-0.2, 0) is 0 Å². The highest BCUT2D eigenvalue weighted by Crippen LogP contribution is 2.28. The first-order chi connectivity index (χ1) is 9.24. The van der Waals surface area contributed by atoms with E-state index in [1.165, 1.54) is 17.8 Å². The number of benzene rings is 1. The zero-order valence-electron chi connectivity index (χ0n) is 10.1. The van der Waals surface area contributed by atoms with Crippen LogP contribution in [0.3, 0.4) is 0 Å². The summed E-state index contributed by atoms with van der Waals surface area (Å²) in [6.07, 6.45) is 1.57. The Bertz CT molecular complexity index is 727. The van der Waals surface area contributed by atoms with E-state index in [2.05, 4.69) is 15.0 Å². The Labute approximate surface area is 124 Å². The minimum Gasteiger partial charge on any atom is -0.478 e. The van der Waals surface area contributed by atoms with Gasteiger partial charge in [-0.1, -0.05) is 12.1 Å². The van der Waals surface area contributed by atoms with Crippen LogP contribution in [0.1, 0.15) is 10.4 Å². The molecule has 0 spiro atoms. The quantitative estimate of drug-likeness (QED) is 0.776. The molecule has 102 valence electrons. The molecule has 1 aromatic carbocycles. The van der Waals surface area contributed by atoms with Crippen LogP contribution in [0.4, 0.5) is 0 Å². The number of aromatic carboxylic acids is 1. The van der Waals surface area contributed by atoms with Gasteiger partial charge in [-0.15, -0.1) is 12.4 Å². The molecule has 0 amide bonds. The monoisotopic (exact) mass is 307 g/mol. The maximum absolute atomic E-state index is 11.1. The van der Waals surface area contributed by atoms with Crippen molar-refractivity contribution in [3.63, 3.8) is 0 Å². The third-order valence-corrected chi connectivity index (χ3v) is 3.47. The summed E-state index contributed by atoms with van der Waals surface area (Å²) >= 11 is 1.21. The fourth-order valence-electron chi connectivity index (χ4n) is 1.70. The Morgan fingerprint density at radius 1 is 1.20 bits per heavy atom. The molecule has 0 aliphatic heterocycles. The van der Waals surface area contributed by atoms with Crippen LogP contribution < -0.4 is 0 Å². The first kappa shape index (κ1) is 14.4. The lowest BCUT2D eigenvalue weighted by Crippen LogP contribution is -2.00. The van der Waals surface area contributed by atoms with Crippen LogP contribution in [-0.4, -0.2) is 26.0 Å². The molecule has 0 bridgehead atoms. The van der Waals surface area contributed by atoms with Crippen molar-refractivity contribution in [3.05, 3.63) is 48.2 Å². The number of nitrogens with one attached hydrogen (secondary N) is 1. The summed E-state index contributed by atoms with van der Waals surface area (Å²) in [7, 11) is 0. The number of halogens is 1. The van der Waals surface area contributed by atoms with E-state index < -0.39 is 5.97 Å². The molecule has 5 nitrogen and oxygen atoms in total. The van der Waals surface area contributed by atoms with E-state index >= 15 is 0 Å². The van der Waals surface area contributed by atoms with Crippen LogP contribution in [0.15, 0.2) is 52.8 Å². The predicted octanol–water partition coefficient (Wildman–Crippen LogP) is 3.23. The van der Waals surface area contributed by atoms with Crippen LogP contribution in [0, 0.1) is 0 Å². The lowest BCUT2D eigenvalue weighted by Gasteiger charge is -2.01. The summed E-state index contributed by atoms with van der Waals surface area (Å²) in [5.74, 6) is -0.994. The van der Waals surface area contributed by atoms with Crippen LogP contribution in [0.5, 0.6) is 0 Å². The number of para-hydroxylation sites is 2. The molecule has 0 atom stereocenters. The summed E-state index contributed by atoms with van der Waals surface area (Å²) in [4.78, 5) is 22.7. The SMILES string of the molecule is Cl.O=C(O)c1cccnc1Sc1nc2ccccc2[nH]1. The smallest absolute Gasteiger partial charge is 0.338 e. The van der Waals surface area contributed by atoms with Gasteiger partial charge in [0.05, 0.1) is 16.6 Å². The van der Waals surface area contributed by atoms with Crippen molar-refractivity contribution in [2.24, 2.45) is 0 Å². The highest BCUT2D eigenvalue weighted by molar-refractivity contribution is 7.99. The fourth-order valence-corrected chi connectivity index (χ4v) is 2.57. The fraction of sp³-hybridized carbons (Fsp3) is 0. The van der Waals surface area contributed by atoms with Crippen molar-refractivity contribution in [1.82, 2.24) is 15.0 Å². The predicted molar refractivity (Wildman–Crippen MR) is 78.7 cm³/mol. The van der Waals surface area contributed by atoms with E-state index in [1.54, 1.807) is 12.3 Å². The number of aromatic nitrogens is 3. The molecule has 2 heterocycles. The Hall–Kier alpha value is -2.05. The minimum absolute atomic E-state index is 0. The molecule has 20 heavy (non-hydrogen) atoms. The van der Waals surface area contributed by atoms with Crippen molar-refractivity contribution in [1.29, 1.82) is 0 Å². The minimum atomic E-state index is -0.994. The first-order valence-electron chi connectivity index (χ1n) is 5.55. The molecule has 0 aliphatic rings. The molecule has 0 radical (unpaired) electrons. The summed E-state index contributed by atoms with van der Waals surface area (Å²) in [6, 6.07) is 10.8. The Morgan fingerprint density at radius 2 is 2.00 bits per heavy atom. The molecule has 7 heteroatoms. The molecule has 0 fully saturated rings. The standard InChI is InChI=1S/C13H9N3O2S.ClH/c17-12(18)8-4-3-7-14-11(8)19-13-15-9-5-1-2-6-10(9)16-13;/h1-7H,(H,15,16)(H,17,18);1H. The van der Waals surface area contributed by atoms with Gasteiger partial charge in [0.25, 0.3) is 0 Å².